The fraction of sp³-hybridized carbons (Fsp3) is 0.733. The van der Waals surface area contributed by atoms with Crippen molar-refractivity contribution in [1.82, 2.24) is 14.9 Å². The van der Waals surface area contributed by atoms with E-state index in [1.807, 2.05) is 39.2 Å². The van der Waals surface area contributed by atoms with Gasteiger partial charge in [0.1, 0.15) is 5.60 Å². The predicted octanol–water partition coefficient (Wildman–Crippen LogP) is 2.80. The van der Waals surface area contributed by atoms with Crippen LogP contribution in [0, 0.1) is 0 Å². The maximum Gasteiger partial charge on any atom is 0.408 e. The number of alkyl carbamates (subject to hydrolysis) is 1. The molecule has 0 aliphatic rings. The van der Waals surface area contributed by atoms with Gasteiger partial charge >= 0.3 is 6.09 Å². The van der Waals surface area contributed by atoms with Gasteiger partial charge in [0.25, 0.3) is 0 Å². The Morgan fingerprint density at radius 3 is 2.64 bits per heavy atom. The molecule has 0 aliphatic carbocycles. The van der Waals surface area contributed by atoms with Gasteiger partial charge in [-0.25, -0.2) is 9.78 Å². The molecule has 22 heavy (non-hydrogen) atoms. The lowest BCUT2D eigenvalue weighted by Gasteiger charge is -2.25. The first kappa shape index (κ1) is 18.7. The summed E-state index contributed by atoms with van der Waals surface area (Å²) in [5.41, 5.74) is 0.362. The summed E-state index contributed by atoms with van der Waals surface area (Å²) in [7, 11) is -0.888. The predicted molar refractivity (Wildman–Crippen MR) is 88.3 cm³/mol. The normalized spacial score (nSPS) is 15.9. The van der Waals surface area contributed by atoms with Crippen molar-refractivity contribution in [2.45, 2.75) is 58.7 Å². The van der Waals surface area contributed by atoms with E-state index in [2.05, 4.69) is 10.3 Å². The Morgan fingerprint density at radius 1 is 1.50 bits per heavy atom. The minimum absolute atomic E-state index is 0.0535. The molecule has 2 unspecified atom stereocenters. The fourth-order valence-electron chi connectivity index (χ4n) is 2.21. The lowest BCUT2D eigenvalue weighted by molar-refractivity contribution is 0.0500. The number of nitrogens with zero attached hydrogens (tertiary/aromatic N) is 2. The molecule has 0 saturated heterocycles. The van der Waals surface area contributed by atoms with E-state index >= 15 is 0 Å². The zero-order chi connectivity index (χ0) is 16.9. The van der Waals surface area contributed by atoms with Crippen LogP contribution in [0.1, 0.15) is 58.8 Å². The third-order valence-electron chi connectivity index (χ3n) is 3.10. The zero-order valence-electron chi connectivity index (χ0n) is 14.3. The Labute approximate surface area is 135 Å². The molecule has 0 spiro atoms. The highest BCUT2D eigenvalue weighted by Gasteiger charge is 2.23. The average molecular weight is 329 g/mol. The van der Waals surface area contributed by atoms with Gasteiger partial charge in [0.15, 0.2) is 0 Å². The van der Waals surface area contributed by atoms with E-state index in [9.17, 15) is 9.00 Å². The number of carbonyl (C=O) groups excluding carboxylic acids is 1. The quantitative estimate of drug-likeness (QED) is 0.871. The molecule has 0 radical (unpaired) electrons. The van der Waals surface area contributed by atoms with Crippen LogP contribution in [-0.2, 0) is 15.5 Å². The maximum absolute atomic E-state index is 12.0. The Balaban J connectivity index is 2.86. The van der Waals surface area contributed by atoms with Gasteiger partial charge in [0.05, 0.1) is 24.3 Å². The third kappa shape index (κ3) is 5.79. The summed E-state index contributed by atoms with van der Waals surface area (Å²) in [5, 5.41) is 2.88. The summed E-state index contributed by atoms with van der Waals surface area (Å²) in [6.07, 6.45) is 5.40. The number of rotatable bonds is 6. The summed E-state index contributed by atoms with van der Waals surface area (Å²) in [4.78, 5) is 16.1. The highest BCUT2D eigenvalue weighted by Crippen LogP contribution is 2.21. The molecular weight excluding hydrogens is 302 g/mol. The lowest BCUT2D eigenvalue weighted by Crippen LogP contribution is -2.35. The Bertz CT molecular complexity index is 522. The van der Waals surface area contributed by atoms with Crippen molar-refractivity contribution in [3.63, 3.8) is 0 Å². The molecule has 0 saturated carbocycles. The average Bonchev–Trinajstić information content (AvgIpc) is 2.81. The standard InChI is InChI=1S/C15H27N3O3S/c1-7-12(17-14(19)21-15(3,4)5)13-8-16-10-18(13)11(2)9-22(6)20/h8,10-12H,7,9H2,1-6H3,(H,17,19)/t11?,12-,22?/m1/s1. The van der Waals surface area contributed by atoms with Gasteiger partial charge in [-0.15, -0.1) is 0 Å². The van der Waals surface area contributed by atoms with Crippen LogP contribution >= 0.6 is 0 Å². The van der Waals surface area contributed by atoms with Crippen LogP contribution in [0.3, 0.4) is 0 Å². The van der Waals surface area contributed by atoms with E-state index in [0.717, 1.165) is 5.69 Å². The number of ether oxygens (including phenoxy) is 1. The van der Waals surface area contributed by atoms with Gasteiger partial charge in [-0.3, -0.25) is 4.21 Å². The molecule has 126 valence electrons. The van der Waals surface area contributed by atoms with E-state index in [1.165, 1.54) is 0 Å². The second kappa shape index (κ2) is 7.76. The molecule has 0 aromatic carbocycles. The second-order valence-electron chi connectivity index (χ2n) is 6.42. The van der Waals surface area contributed by atoms with Crippen LogP contribution < -0.4 is 5.32 Å². The molecule has 1 heterocycles. The second-order valence-corrected chi connectivity index (χ2v) is 7.90. The van der Waals surface area contributed by atoms with Crippen molar-refractivity contribution in [1.29, 1.82) is 0 Å². The molecule has 6 nitrogen and oxygen atoms in total. The number of hydrogen-bond donors (Lipinski definition) is 1. The largest absolute Gasteiger partial charge is 0.444 e. The first-order chi connectivity index (χ1) is 10.1. The number of carbonyl (C=O) groups is 1. The number of hydrogen-bond acceptors (Lipinski definition) is 4. The Morgan fingerprint density at radius 2 is 2.14 bits per heavy atom. The summed E-state index contributed by atoms with van der Waals surface area (Å²) in [6.45, 7) is 9.47. The summed E-state index contributed by atoms with van der Waals surface area (Å²) >= 11 is 0. The van der Waals surface area contributed by atoms with Gasteiger partial charge in [-0.1, -0.05) is 6.92 Å². The molecule has 0 aliphatic heterocycles. The molecule has 1 rings (SSSR count). The number of imidazole rings is 1. The Hall–Kier alpha value is -1.37. The third-order valence-corrected chi connectivity index (χ3v) is 4.05. The maximum atomic E-state index is 12.0. The van der Waals surface area contributed by atoms with Crippen LogP contribution in [-0.4, -0.2) is 37.5 Å². The van der Waals surface area contributed by atoms with Gasteiger partial charge in [-0.05, 0) is 34.1 Å². The molecule has 7 heteroatoms. The summed E-state index contributed by atoms with van der Waals surface area (Å²) < 4.78 is 18.7. The molecule has 1 aromatic heterocycles. The summed E-state index contributed by atoms with van der Waals surface area (Å²) in [5.74, 6) is 0.548. The van der Waals surface area contributed by atoms with Gasteiger partial charge in [-0.2, -0.15) is 0 Å². The number of aromatic nitrogens is 2. The summed E-state index contributed by atoms with van der Waals surface area (Å²) in [6, 6.07) is -0.136. The first-order valence-electron chi connectivity index (χ1n) is 7.45. The molecule has 1 N–H and O–H groups in total. The first-order valence-corrected chi connectivity index (χ1v) is 9.18. The van der Waals surface area contributed by atoms with E-state index in [1.54, 1.807) is 18.8 Å². The lowest BCUT2D eigenvalue weighted by atomic mass is 10.1. The minimum Gasteiger partial charge on any atom is -0.444 e. The van der Waals surface area contributed by atoms with E-state index in [4.69, 9.17) is 4.74 Å². The minimum atomic E-state index is -0.888. The SMILES string of the molecule is CC[C@@H](NC(=O)OC(C)(C)C)c1cncn1C(C)CS(C)=O. The molecule has 1 amide bonds. The van der Waals surface area contributed by atoms with Crippen molar-refractivity contribution >= 4 is 16.9 Å². The molecular formula is C15H27N3O3S. The van der Waals surface area contributed by atoms with E-state index in [0.29, 0.717) is 12.2 Å². The van der Waals surface area contributed by atoms with Crippen molar-refractivity contribution in [3.8, 4) is 0 Å². The van der Waals surface area contributed by atoms with Gasteiger partial charge in [0, 0.05) is 28.9 Å². The highest BCUT2D eigenvalue weighted by molar-refractivity contribution is 7.84. The van der Waals surface area contributed by atoms with Crippen molar-refractivity contribution in [2.24, 2.45) is 0 Å². The molecule has 1 aromatic rings. The molecule has 0 fully saturated rings. The topological polar surface area (TPSA) is 73.2 Å². The highest BCUT2D eigenvalue weighted by atomic mass is 32.2. The zero-order valence-corrected chi connectivity index (χ0v) is 15.1. The van der Waals surface area contributed by atoms with Crippen LogP contribution in [0.5, 0.6) is 0 Å². The fourth-order valence-corrected chi connectivity index (χ4v) is 3.05. The number of amides is 1. The van der Waals surface area contributed by atoms with Gasteiger partial charge in [0.2, 0.25) is 0 Å². The van der Waals surface area contributed by atoms with E-state index in [-0.39, 0.29) is 12.1 Å². The van der Waals surface area contributed by atoms with Crippen molar-refractivity contribution < 1.29 is 13.7 Å². The smallest absolute Gasteiger partial charge is 0.408 e. The van der Waals surface area contributed by atoms with Crippen LogP contribution in [0.4, 0.5) is 4.79 Å². The van der Waals surface area contributed by atoms with Crippen molar-refractivity contribution in [3.05, 3.63) is 18.2 Å². The van der Waals surface area contributed by atoms with Gasteiger partial charge < -0.3 is 14.6 Å². The van der Waals surface area contributed by atoms with Crippen LogP contribution in [0.25, 0.3) is 0 Å². The number of nitrogens with one attached hydrogen (secondary N) is 1. The van der Waals surface area contributed by atoms with Crippen molar-refractivity contribution in [2.75, 3.05) is 12.0 Å². The molecule has 3 atom stereocenters. The van der Waals surface area contributed by atoms with E-state index < -0.39 is 22.5 Å². The Kier molecular flexibility index (Phi) is 6.59. The van der Waals surface area contributed by atoms with Crippen LogP contribution in [0.2, 0.25) is 0 Å². The molecule has 0 bridgehead atoms. The monoisotopic (exact) mass is 329 g/mol. The van der Waals surface area contributed by atoms with Crippen LogP contribution in [0.15, 0.2) is 12.5 Å².